The summed E-state index contributed by atoms with van der Waals surface area (Å²) in [7, 11) is 0. The van der Waals surface area contributed by atoms with Crippen LogP contribution in [-0.4, -0.2) is 47.3 Å². The van der Waals surface area contributed by atoms with E-state index in [1.807, 2.05) is 39.9 Å². The number of carbonyl (C=O) groups is 2. The second-order valence-electron chi connectivity index (χ2n) is 8.22. The van der Waals surface area contributed by atoms with Crippen LogP contribution in [0.25, 0.3) is 10.9 Å². The topological polar surface area (TPSA) is 45.6 Å². The number of aryl methyl sites for hydroxylation is 3. The summed E-state index contributed by atoms with van der Waals surface area (Å²) >= 11 is 0. The molecule has 2 aromatic carbocycles. The van der Waals surface area contributed by atoms with Gasteiger partial charge in [-0.1, -0.05) is 35.9 Å². The lowest BCUT2D eigenvalue weighted by atomic mass is 10.1. The first kappa shape index (κ1) is 20.2. The third-order valence-electron chi connectivity index (χ3n) is 6.06. The van der Waals surface area contributed by atoms with Crippen molar-refractivity contribution in [3.8, 4) is 0 Å². The SMILES string of the molecule is CC(=O)c1cn(CCC(=O)N2CCN(c3ccc(C)cc3C)CC2)c2ccccc12. The van der Waals surface area contributed by atoms with Gasteiger partial charge in [0.15, 0.2) is 5.78 Å². The maximum Gasteiger partial charge on any atom is 0.224 e. The standard InChI is InChI=1S/C25H29N3O2/c1-18-8-9-23(19(2)16-18)26-12-14-27(15-13-26)25(30)10-11-28-17-22(20(3)29)21-6-4-5-7-24(21)28/h4-9,16-17H,10-15H2,1-3H3. The fraction of sp³-hybridized carbons (Fsp3) is 0.360. The summed E-state index contributed by atoms with van der Waals surface area (Å²) in [5.41, 5.74) is 5.56. The van der Waals surface area contributed by atoms with E-state index in [0.29, 0.717) is 13.0 Å². The third-order valence-corrected chi connectivity index (χ3v) is 6.06. The van der Waals surface area contributed by atoms with Gasteiger partial charge in [0.05, 0.1) is 0 Å². The Labute approximate surface area is 177 Å². The molecule has 0 saturated carbocycles. The predicted octanol–water partition coefficient (Wildman–Crippen LogP) is 4.20. The van der Waals surface area contributed by atoms with E-state index in [9.17, 15) is 9.59 Å². The van der Waals surface area contributed by atoms with Crippen LogP contribution in [0.4, 0.5) is 5.69 Å². The maximum absolute atomic E-state index is 12.8. The number of rotatable bonds is 5. The predicted molar refractivity (Wildman–Crippen MR) is 121 cm³/mol. The van der Waals surface area contributed by atoms with Gasteiger partial charge in [0.2, 0.25) is 5.91 Å². The van der Waals surface area contributed by atoms with E-state index >= 15 is 0 Å². The normalized spacial score (nSPS) is 14.4. The van der Waals surface area contributed by atoms with Crippen LogP contribution in [0.2, 0.25) is 0 Å². The van der Waals surface area contributed by atoms with Gasteiger partial charge in [-0.25, -0.2) is 0 Å². The first-order chi connectivity index (χ1) is 14.4. The number of amides is 1. The molecule has 1 aliphatic rings. The number of aromatic nitrogens is 1. The Balaban J connectivity index is 1.38. The largest absolute Gasteiger partial charge is 0.368 e. The highest BCUT2D eigenvalue weighted by atomic mass is 16.2. The van der Waals surface area contributed by atoms with Crippen LogP contribution in [0.5, 0.6) is 0 Å². The summed E-state index contributed by atoms with van der Waals surface area (Å²) in [4.78, 5) is 29.1. The molecule has 0 atom stereocenters. The molecule has 0 spiro atoms. The van der Waals surface area contributed by atoms with Crippen molar-refractivity contribution in [1.29, 1.82) is 0 Å². The fourth-order valence-electron chi connectivity index (χ4n) is 4.44. The molecule has 156 valence electrons. The Morgan fingerprint density at radius 3 is 2.40 bits per heavy atom. The number of fused-ring (bicyclic) bond motifs is 1. The molecule has 0 radical (unpaired) electrons. The van der Waals surface area contributed by atoms with Gasteiger partial charge < -0.3 is 14.4 Å². The van der Waals surface area contributed by atoms with Crippen molar-refractivity contribution >= 4 is 28.3 Å². The molecule has 4 rings (SSSR count). The van der Waals surface area contributed by atoms with Crippen molar-refractivity contribution in [1.82, 2.24) is 9.47 Å². The summed E-state index contributed by atoms with van der Waals surface area (Å²) in [6, 6.07) is 14.4. The van der Waals surface area contributed by atoms with Crippen molar-refractivity contribution in [2.45, 2.75) is 33.7 Å². The first-order valence-corrected chi connectivity index (χ1v) is 10.6. The van der Waals surface area contributed by atoms with E-state index in [1.54, 1.807) is 6.92 Å². The van der Waals surface area contributed by atoms with E-state index in [4.69, 9.17) is 0 Å². The van der Waals surface area contributed by atoms with Crippen LogP contribution in [0.3, 0.4) is 0 Å². The van der Waals surface area contributed by atoms with E-state index < -0.39 is 0 Å². The van der Waals surface area contributed by atoms with Gasteiger partial charge in [0.1, 0.15) is 0 Å². The number of benzene rings is 2. The Bertz CT molecular complexity index is 1090. The van der Waals surface area contributed by atoms with Gasteiger partial charge in [0.25, 0.3) is 0 Å². The van der Waals surface area contributed by atoms with Gasteiger partial charge in [-0.3, -0.25) is 9.59 Å². The number of carbonyl (C=O) groups excluding carboxylic acids is 2. The molecule has 2 heterocycles. The molecule has 1 amide bonds. The Morgan fingerprint density at radius 1 is 0.967 bits per heavy atom. The number of para-hydroxylation sites is 1. The second-order valence-corrected chi connectivity index (χ2v) is 8.22. The minimum atomic E-state index is 0.0544. The van der Waals surface area contributed by atoms with Gasteiger partial charge in [-0.15, -0.1) is 0 Å². The van der Waals surface area contributed by atoms with Crippen molar-refractivity contribution < 1.29 is 9.59 Å². The van der Waals surface area contributed by atoms with Crippen LogP contribution in [0, 0.1) is 13.8 Å². The molecule has 5 heteroatoms. The summed E-state index contributed by atoms with van der Waals surface area (Å²) in [5, 5.41) is 0.958. The lowest BCUT2D eigenvalue weighted by Crippen LogP contribution is -2.49. The molecule has 1 fully saturated rings. The zero-order chi connectivity index (χ0) is 21.3. The maximum atomic E-state index is 12.8. The van der Waals surface area contributed by atoms with Crippen molar-refractivity contribution in [2.75, 3.05) is 31.1 Å². The summed E-state index contributed by atoms with van der Waals surface area (Å²) in [5.74, 6) is 0.233. The average Bonchev–Trinajstić information content (AvgIpc) is 3.11. The molecule has 1 aromatic heterocycles. The molecule has 30 heavy (non-hydrogen) atoms. The summed E-state index contributed by atoms with van der Waals surface area (Å²) < 4.78 is 2.04. The second kappa shape index (κ2) is 8.34. The van der Waals surface area contributed by atoms with Crippen LogP contribution < -0.4 is 4.90 Å². The number of anilines is 1. The fourth-order valence-corrected chi connectivity index (χ4v) is 4.44. The van der Waals surface area contributed by atoms with E-state index in [2.05, 4.69) is 36.9 Å². The van der Waals surface area contributed by atoms with Crippen LogP contribution >= 0.6 is 0 Å². The number of hydrogen-bond acceptors (Lipinski definition) is 3. The molecule has 0 aliphatic carbocycles. The Morgan fingerprint density at radius 2 is 1.70 bits per heavy atom. The van der Waals surface area contributed by atoms with Crippen LogP contribution in [0.1, 0.15) is 34.8 Å². The number of Topliss-reactive ketones (excluding diaryl/α,β-unsaturated/α-hetero) is 1. The van der Waals surface area contributed by atoms with Crippen molar-refractivity contribution in [3.05, 3.63) is 65.4 Å². The molecule has 0 N–H and O–H groups in total. The van der Waals surface area contributed by atoms with E-state index in [0.717, 1.165) is 42.6 Å². The molecule has 5 nitrogen and oxygen atoms in total. The number of ketones is 1. The average molecular weight is 404 g/mol. The lowest BCUT2D eigenvalue weighted by molar-refractivity contribution is -0.131. The smallest absolute Gasteiger partial charge is 0.224 e. The van der Waals surface area contributed by atoms with Gasteiger partial charge in [-0.2, -0.15) is 0 Å². The minimum absolute atomic E-state index is 0.0544. The molecular weight excluding hydrogens is 374 g/mol. The molecule has 1 aliphatic heterocycles. The zero-order valence-corrected chi connectivity index (χ0v) is 18.0. The van der Waals surface area contributed by atoms with Gasteiger partial charge in [-0.05, 0) is 38.5 Å². The Kier molecular flexibility index (Phi) is 5.62. The van der Waals surface area contributed by atoms with Crippen LogP contribution in [0.15, 0.2) is 48.7 Å². The first-order valence-electron chi connectivity index (χ1n) is 10.6. The number of nitrogens with zero attached hydrogens (tertiary/aromatic N) is 3. The molecule has 3 aromatic rings. The highest BCUT2D eigenvalue weighted by molar-refractivity contribution is 6.07. The third kappa shape index (κ3) is 3.97. The lowest BCUT2D eigenvalue weighted by Gasteiger charge is -2.37. The van der Waals surface area contributed by atoms with Crippen molar-refractivity contribution in [3.63, 3.8) is 0 Å². The Hall–Kier alpha value is -3.08. The summed E-state index contributed by atoms with van der Waals surface area (Å²) in [6.45, 7) is 9.65. The molecular formula is C25H29N3O2. The molecule has 0 bridgehead atoms. The quantitative estimate of drug-likeness (QED) is 0.600. The van der Waals surface area contributed by atoms with Crippen molar-refractivity contribution in [2.24, 2.45) is 0 Å². The zero-order valence-electron chi connectivity index (χ0n) is 18.0. The highest BCUT2D eigenvalue weighted by Crippen LogP contribution is 2.24. The number of piperazine rings is 1. The van der Waals surface area contributed by atoms with Gasteiger partial charge >= 0.3 is 0 Å². The van der Waals surface area contributed by atoms with Gasteiger partial charge in [0, 0.05) is 67.5 Å². The molecule has 0 unspecified atom stereocenters. The van der Waals surface area contributed by atoms with Crippen LogP contribution in [-0.2, 0) is 11.3 Å². The summed E-state index contributed by atoms with van der Waals surface area (Å²) in [6.07, 6.45) is 2.33. The van der Waals surface area contributed by atoms with E-state index in [-0.39, 0.29) is 11.7 Å². The van der Waals surface area contributed by atoms with E-state index in [1.165, 1.54) is 16.8 Å². The number of hydrogen-bond donors (Lipinski definition) is 0. The minimum Gasteiger partial charge on any atom is -0.368 e. The highest BCUT2D eigenvalue weighted by Gasteiger charge is 2.22. The monoisotopic (exact) mass is 403 g/mol. The molecule has 1 saturated heterocycles.